The summed E-state index contributed by atoms with van der Waals surface area (Å²) in [7, 11) is 0. The number of nitriles is 1. The summed E-state index contributed by atoms with van der Waals surface area (Å²) >= 11 is 0. The Hall–Kier alpha value is -2.00. The molecular weight excluding hydrogens is 203 g/mol. The lowest BCUT2D eigenvalue weighted by Gasteiger charge is -2.06. The SMILES string of the molecule is C#CCCCCNc1ccc(C#N)cc1F. The van der Waals surface area contributed by atoms with E-state index in [0.717, 1.165) is 19.3 Å². The van der Waals surface area contributed by atoms with Gasteiger partial charge in [0.05, 0.1) is 17.3 Å². The molecule has 0 aliphatic carbocycles. The van der Waals surface area contributed by atoms with Crippen molar-refractivity contribution in [2.45, 2.75) is 19.3 Å². The van der Waals surface area contributed by atoms with Crippen molar-refractivity contribution in [3.8, 4) is 18.4 Å². The molecule has 1 aromatic carbocycles. The van der Waals surface area contributed by atoms with Gasteiger partial charge in [0.1, 0.15) is 5.82 Å². The third kappa shape index (κ3) is 3.63. The minimum absolute atomic E-state index is 0.329. The molecule has 0 saturated carbocycles. The van der Waals surface area contributed by atoms with E-state index in [2.05, 4.69) is 11.2 Å². The molecule has 0 aromatic heterocycles. The second-order valence-corrected chi connectivity index (χ2v) is 3.39. The molecule has 0 spiro atoms. The lowest BCUT2D eigenvalue weighted by atomic mass is 10.2. The van der Waals surface area contributed by atoms with Crippen molar-refractivity contribution >= 4 is 5.69 Å². The minimum Gasteiger partial charge on any atom is -0.383 e. The second-order valence-electron chi connectivity index (χ2n) is 3.39. The van der Waals surface area contributed by atoms with E-state index >= 15 is 0 Å². The molecule has 0 radical (unpaired) electrons. The van der Waals surface area contributed by atoms with Crippen LogP contribution in [0.15, 0.2) is 18.2 Å². The summed E-state index contributed by atoms with van der Waals surface area (Å²) in [5.41, 5.74) is 0.759. The summed E-state index contributed by atoms with van der Waals surface area (Å²) in [6.45, 7) is 0.685. The topological polar surface area (TPSA) is 35.8 Å². The molecule has 1 rings (SSSR count). The first-order chi connectivity index (χ1) is 7.77. The maximum absolute atomic E-state index is 13.4. The Kier molecular flexibility index (Phi) is 4.89. The van der Waals surface area contributed by atoms with Crippen LogP contribution in [-0.2, 0) is 0 Å². The number of halogens is 1. The van der Waals surface area contributed by atoms with Crippen LogP contribution in [-0.4, -0.2) is 6.54 Å². The normalized spacial score (nSPS) is 9.19. The van der Waals surface area contributed by atoms with Crippen molar-refractivity contribution in [1.29, 1.82) is 5.26 Å². The van der Waals surface area contributed by atoms with Crippen LogP contribution < -0.4 is 5.32 Å². The van der Waals surface area contributed by atoms with Gasteiger partial charge >= 0.3 is 0 Å². The number of hydrogen-bond acceptors (Lipinski definition) is 2. The van der Waals surface area contributed by atoms with E-state index in [1.54, 1.807) is 12.1 Å². The van der Waals surface area contributed by atoms with Gasteiger partial charge in [-0.2, -0.15) is 5.26 Å². The van der Waals surface area contributed by atoms with Crippen molar-refractivity contribution in [2.75, 3.05) is 11.9 Å². The summed E-state index contributed by atoms with van der Waals surface area (Å²) < 4.78 is 13.4. The average molecular weight is 216 g/mol. The van der Waals surface area contributed by atoms with Crippen LogP contribution in [0.1, 0.15) is 24.8 Å². The van der Waals surface area contributed by atoms with E-state index < -0.39 is 5.82 Å². The quantitative estimate of drug-likeness (QED) is 0.606. The van der Waals surface area contributed by atoms with Crippen molar-refractivity contribution < 1.29 is 4.39 Å². The molecular formula is C13H13FN2. The van der Waals surface area contributed by atoms with Crippen LogP contribution >= 0.6 is 0 Å². The molecule has 0 aliphatic heterocycles. The fourth-order valence-electron chi connectivity index (χ4n) is 1.30. The maximum atomic E-state index is 13.4. The summed E-state index contributed by atoms with van der Waals surface area (Å²) in [4.78, 5) is 0. The molecule has 0 heterocycles. The molecule has 0 amide bonds. The standard InChI is InChI=1S/C13H13FN2/c1-2-3-4-5-8-16-13-7-6-11(10-15)9-12(13)14/h1,6-7,9,16H,3-5,8H2. The largest absolute Gasteiger partial charge is 0.383 e. The van der Waals surface area contributed by atoms with Gasteiger partial charge < -0.3 is 5.32 Å². The Morgan fingerprint density at radius 2 is 2.19 bits per heavy atom. The van der Waals surface area contributed by atoms with Crippen molar-refractivity contribution in [2.24, 2.45) is 0 Å². The minimum atomic E-state index is -0.393. The summed E-state index contributed by atoms with van der Waals surface area (Å²) in [6, 6.07) is 6.28. The fourth-order valence-corrected chi connectivity index (χ4v) is 1.30. The Bertz CT molecular complexity index is 427. The van der Waals surface area contributed by atoms with Gasteiger partial charge in [-0.1, -0.05) is 0 Å². The zero-order chi connectivity index (χ0) is 11.8. The number of nitrogens with zero attached hydrogens (tertiary/aromatic N) is 1. The van der Waals surface area contributed by atoms with Gasteiger partial charge in [-0.3, -0.25) is 0 Å². The number of anilines is 1. The van der Waals surface area contributed by atoms with Crippen LogP contribution in [0, 0.1) is 29.5 Å². The lowest BCUT2D eigenvalue weighted by molar-refractivity contribution is 0.628. The van der Waals surface area contributed by atoms with E-state index in [0.29, 0.717) is 17.8 Å². The van der Waals surface area contributed by atoms with Gasteiger partial charge in [0.25, 0.3) is 0 Å². The Labute approximate surface area is 95.1 Å². The summed E-state index contributed by atoms with van der Waals surface area (Å²) in [5, 5.41) is 11.5. The van der Waals surface area contributed by atoms with Crippen LogP contribution in [0.4, 0.5) is 10.1 Å². The van der Waals surface area contributed by atoms with Crippen molar-refractivity contribution in [3.63, 3.8) is 0 Å². The number of hydrogen-bond donors (Lipinski definition) is 1. The van der Waals surface area contributed by atoms with Crippen LogP contribution in [0.3, 0.4) is 0 Å². The van der Waals surface area contributed by atoms with Gasteiger partial charge in [-0.05, 0) is 31.0 Å². The number of unbranched alkanes of at least 4 members (excludes halogenated alkanes) is 2. The molecule has 0 fully saturated rings. The first-order valence-corrected chi connectivity index (χ1v) is 5.15. The smallest absolute Gasteiger partial charge is 0.147 e. The summed E-state index contributed by atoms with van der Waals surface area (Å²) in [5.74, 6) is 2.16. The molecule has 0 unspecified atom stereocenters. The summed E-state index contributed by atoms with van der Waals surface area (Å²) in [6.07, 6.45) is 7.70. The van der Waals surface area contributed by atoms with E-state index in [4.69, 9.17) is 11.7 Å². The van der Waals surface area contributed by atoms with E-state index in [-0.39, 0.29) is 0 Å². The molecule has 0 aliphatic rings. The highest BCUT2D eigenvalue weighted by atomic mass is 19.1. The van der Waals surface area contributed by atoms with Crippen LogP contribution in [0.5, 0.6) is 0 Å². The Morgan fingerprint density at radius 3 is 2.81 bits per heavy atom. The van der Waals surface area contributed by atoms with Gasteiger partial charge in [-0.15, -0.1) is 12.3 Å². The van der Waals surface area contributed by atoms with E-state index in [9.17, 15) is 4.39 Å². The molecule has 1 N–H and O–H groups in total. The monoisotopic (exact) mass is 216 g/mol. The van der Waals surface area contributed by atoms with Gasteiger partial charge in [-0.25, -0.2) is 4.39 Å². The predicted octanol–water partition coefficient (Wildman–Crippen LogP) is 2.91. The fraction of sp³-hybridized carbons (Fsp3) is 0.308. The average Bonchev–Trinajstić information content (AvgIpc) is 2.30. The molecule has 2 nitrogen and oxygen atoms in total. The molecule has 82 valence electrons. The molecule has 16 heavy (non-hydrogen) atoms. The zero-order valence-corrected chi connectivity index (χ0v) is 8.96. The number of terminal acetylenes is 1. The lowest BCUT2D eigenvalue weighted by Crippen LogP contribution is -2.03. The molecule has 3 heteroatoms. The Morgan fingerprint density at radius 1 is 1.38 bits per heavy atom. The number of rotatable bonds is 5. The Balaban J connectivity index is 2.43. The number of benzene rings is 1. The zero-order valence-electron chi connectivity index (χ0n) is 8.96. The highest BCUT2D eigenvalue weighted by Crippen LogP contribution is 2.15. The third-order valence-corrected chi connectivity index (χ3v) is 2.16. The first-order valence-electron chi connectivity index (χ1n) is 5.15. The van der Waals surface area contributed by atoms with Crippen LogP contribution in [0.2, 0.25) is 0 Å². The molecule has 0 atom stereocenters. The second kappa shape index (κ2) is 6.48. The molecule has 0 bridgehead atoms. The van der Waals surface area contributed by atoms with Gasteiger partial charge in [0.2, 0.25) is 0 Å². The van der Waals surface area contributed by atoms with E-state index in [1.807, 2.05) is 6.07 Å². The predicted molar refractivity (Wildman–Crippen MR) is 62.3 cm³/mol. The van der Waals surface area contributed by atoms with Crippen molar-refractivity contribution in [1.82, 2.24) is 0 Å². The van der Waals surface area contributed by atoms with E-state index in [1.165, 1.54) is 6.07 Å². The third-order valence-electron chi connectivity index (χ3n) is 2.16. The molecule has 1 aromatic rings. The van der Waals surface area contributed by atoms with Gasteiger partial charge in [0.15, 0.2) is 0 Å². The molecule has 0 saturated heterocycles. The van der Waals surface area contributed by atoms with Crippen LogP contribution in [0.25, 0.3) is 0 Å². The first kappa shape index (κ1) is 12.1. The van der Waals surface area contributed by atoms with Crippen molar-refractivity contribution in [3.05, 3.63) is 29.6 Å². The number of nitrogens with one attached hydrogen (secondary N) is 1. The highest BCUT2D eigenvalue weighted by Gasteiger charge is 2.02. The highest BCUT2D eigenvalue weighted by molar-refractivity contribution is 5.48. The van der Waals surface area contributed by atoms with Gasteiger partial charge in [0, 0.05) is 13.0 Å². The maximum Gasteiger partial charge on any atom is 0.147 e.